The van der Waals surface area contributed by atoms with Gasteiger partial charge in [0, 0.05) is 37.7 Å². The molecule has 4 rings (SSSR count). The fourth-order valence-corrected chi connectivity index (χ4v) is 17.4. The first-order valence-electron chi connectivity index (χ1n) is 22.4. The van der Waals surface area contributed by atoms with Gasteiger partial charge in [-0.3, -0.25) is 4.79 Å². The number of fused-ring (bicyclic) bond motifs is 2. The summed E-state index contributed by atoms with van der Waals surface area (Å²) in [4.78, 5) is 14.3. The Bertz CT molecular complexity index is 1660. The predicted octanol–water partition coefficient (Wildman–Crippen LogP) is 10.8. The highest BCUT2D eigenvalue weighted by Gasteiger charge is 2.55. The molecule has 0 aliphatic carbocycles. The van der Waals surface area contributed by atoms with Crippen LogP contribution in [0.25, 0.3) is 0 Å². The molecule has 0 saturated carbocycles. The largest absolute Gasteiger partial charge is 0.462 e. The lowest BCUT2D eigenvalue weighted by Gasteiger charge is -2.50. The lowest BCUT2D eigenvalue weighted by molar-refractivity contribution is -0.279. The van der Waals surface area contributed by atoms with Crippen LogP contribution in [0.5, 0.6) is 0 Å². The molecule has 0 aromatic heterocycles. The van der Waals surface area contributed by atoms with Gasteiger partial charge in [0.05, 0.1) is 30.8 Å². The van der Waals surface area contributed by atoms with Crippen LogP contribution in [0, 0.1) is 11.3 Å². The SMILES string of the molecule is C/C=C/CC[C@@H]1C/C=C(\C)[C@@H](O[Si](CC)(CC)CC)C(C)(C)[C@H](O)[C@@H](C)/C=C(\C)[C@@H]2C[C@H](O[Si](c3ccccc3)(c3ccccc3)C(C)(C)C)C[C@](OC)(CC(=O)O1)O2. The highest BCUT2D eigenvalue weighted by atomic mass is 28.4. The molecule has 2 aliphatic rings. The molecule has 2 heterocycles. The predicted molar refractivity (Wildman–Crippen MR) is 248 cm³/mol. The summed E-state index contributed by atoms with van der Waals surface area (Å²) >= 11 is 0. The van der Waals surface area contributed by atoms with Crippen LogP contribution >= 0.6 is 0 Å². The fraction of sp³-hybridized carbons (Fsp3) is 0.620. The Labute approximate surface area is 360 Å². The van der Waals surface area contributed by atoms with Gasteiger partial charge in [0.1, 0.15) is 6.10 Å². The molecule has 328 valence electrons. The first-order valence-corrected chi connectivity index (χ1v) is 26.8. The topological polar surface area (TPSA) is 83.5 Å². The molecule has 1 N–H and O–H groups in total. The Balaban J connectivity index is 1.88. The number of esters is 1. The lowest BCUT2D eigenvalue weighted by Crippen LogP contribution is -2.68. The highest BCUT2D eigenvalue weighted by Crippen LogP contribution is 2.44. The summed E-state index contributed by atoms with van der Waals surface area (Å²) in [6.45, 7) is 26.2. The monoisotopic (exact) mass is 847 g/mol. The number of aliphatic hydroxyl groups is 1. The number of allylic oxidation sites excluding steroid dienone is 2. The normalized spacial score (nSPS) is 29.6. The van der Waals surface area contributed by atoms with Crippen molar-refractivity contribution < 1.29 is 33.0 Å². The maximum Gasteiger partial charge on any atom is 0.311 e. The van der Waals surface area contributed by atoms with Crippen molar-refractivity contribution in [3.8, 4) is 0 Å². The third-order valence-corrected chi connectivity index (χ3v) is 23.2. The Hall–Kier alpha value is -2.64. The smallest absolute Gasteiger partial charge is 0.311 e. The molecular formula is C50H78O7Si2. The number of rotatable bonds is 13. The number of aliphatic hydroxyl groups excluding tert-OH is 1. The molecule has 7 atom stereocenters. The Morgan fingerprint density at radius 2 is 1.49 bits per heavy atom. The van der Waals surface area contributed by atoms with Gasteiger partial charge in [0.2, 0.25) is 0 Å². The van der Waals surface area contributed by atoms with Crippen molar-refractivity contribution in [1.29, 1.82) is 0 Å². The molecular weight excluding hydrogens is 769 g/mol. The van der Waals surface area contributed by atoms with Crippen molar-refractivity contribution >= 4 is 33.0 Å². The molecule has 2 bridgehead atoms. The zero-order chi connectivity index (χ0) is 43.6. The van der Waals surface area contributed by atoms with Crippen molar-refractivity contribution in [3.05, 3.63) is 96.1 Å². The van der Waals surface area contributed by atoms with E-state index in [2.05, 4.69) is 155 Å². The van der Waals surface area contributed by atoms with Gasteiger partial charge in [0.15, 0.2) is 14.1 Å². The molecule has 0 amide bonds. The number of hydrogen-bond acceptors (Lipinski definition) is 7. The summed E-state index contributed by atoms with van der Waals surface area (Å²) in [6, 6.07) is 24.3. The average Bonchev–Trinajstić information content (AvgIpc) is 3.21. The third-order valence-electron chi connectivity index (χ3n) is 13.5. The number of carbonyl (C=O) groups excluding carboxylic acids is 1. The zero-order valence-electron chi connectivity index (χ0n) is 38.8. The quantitative estimate of drug-likeness (QED) is 0.122. The van der Waals surface area contributed by atoms with Crippen molar-refractivity contribution in [3.63, 3.8) is 0 Å². The van der Waals surface area contributed by atoms with E-state index in [-0.39, 0.29) is 41.7 Å². The summed E-state index contributed by atoms with van der Waals surface area (Å²) < 4.78 is 34.8. The van der Waals surface area contributed by atoms with E-state index < -0.39 is 40.0 Å². The average molecular weight is 847 g/mol. The molecule has 0 unspecified atom stereocenters. The van der Waals surface area contributed by atoms with E-state index in [1.54, 1.807) is 7.11 Å². The molecule has 2 aromatic carbocycles. The maximum absolute atomic E-state index is 14.3. The Morgan fingerprint density at radius 3 is 2.00 bits per heavy atom. The zero-order valence-corrected chi connectivity index (χ0v) is 40.8. The van der Waals surface area contributed by atoms with Gasteiger partial charge in [-0.25, -0.2) is 0 Å². The fourth-order valence-electron chi connectivity index (χ4n) is 9.72. The van der Waals surface area contributed by atoms with Gasteiger partial charge in [0.25, 0.3) is 8.32 Å². The molecule has 2 aliphatic heterocycles. The molecule has 1 fully saturated rings. The van der Waals surface area contributed by atoms with Crippen molar-refractivity contribution in [2.45, 2.75) is 181 Å². The number of carbonyl (C=O) groups is 1. The minimum atomic E-state index is -2.99. The van der Waals surface area contributed by atoms with E-state index in [0.29, 0.717) is 25.7 Å². The second-order valence-electron chi connectivity index (χ2n) is 19.0. The van der Waals surface area contributed by atoms with Gasteiger partial charge in [-0.15, -0.1) is 0 Å². The van der Waals surface area contributed by atoms with Gasteiger partial charge in [-0.05, 0) is 78.3 Å². The highest BCUT2D eigenvalue weighted by molar-refractivity contribution is 6.99. The van der Waals surface area contributed by atoms with Crippen LogP contribution < -0.4 is 10.4 Å². The Morgan fingerprint density at radius 1 is 0.915 bits per heavy atom. The van der Waals surface area contributed by atoms with E-state index in [4.69, 9.17) is 23.1 Å². The van der Waals surface area contributed by atoms with Gasteiger partial charge >= 0.3 is 5.97 Å². The van der Waals surface area contributed by atoms with Crippen LogP contribution in [0.15, 0.2) is 96.1 Å². The molecule has 2 aromatic rings. The van der Waals surface area contributed by atoms with E-state index in [1.807, 2.05) is 13.0 Å². The van der Waals surface area contributed by atoms with Crippen LogP contribution in [0.3, 0.4) is 0 Å². The van der Waals surface area contributed by atoms with Crippen molar-refractivity contribution in [2.24, 2.45) is 11.3 Å². The van der Waals surface area contributed by atoms with E-state index in [9.17, 15) is 9.90 Å². The number of hydrogen-bond donors (Lipinski definition) is 1. The van der Waals surface area contributed by atoms with E-state index in [1.165, 1.54) is 10.4 Å². The molecule has 0 spiro atoms. The van der Waals surface area contributed by atoms with Crippen molar-refractivity contribution in [2.75, 3.05) is 7.11 Å². The third kappa shape index (κ3) is 11.4. The summed E-state index contributed by atoms with van der Waals surface area (Å²) in [6.07, 6.45) is 9.19. The summed E-state index contributed by atoms with van der Waals surface area (Å²) in [5, 5.41) is 14.6. The second kappa shape index (κ2) is 21.0. The van der Waals surface area contributed by atoms with Crippen LogP contribution in [-0.4, -0.2) is 71.1 Å². The molecule has 1 saturated heterocycles. The summed E-state index contributed by atoms with van der Waals surface area (Å²) in [5.74, 6) is -1.88. The molecule has 59 heavy (non-hydrogen) atoms. The van der Waals surface area contributed by atoms with Crippen LogP contribution in [0.4, 0.5) is 0 Å². The first kappa shape index (κ1) is 49.0. The minimum Gasteiger partial charge on any atom is -0.462 e. The molecule has 9 heteroatoms. The standard InChI is InChI=1S/C50H78O7Si2/c1-14-18-21-26-40-32-31-37(5)47(57-58(15-2,16-3)17-4)49(11,12)46(52)39(7)33-38(6)44-34-41(35-50(53-13,55-44)36-45(51)54-40)56-59(48(8,9)10,42-27-22-19-23-28-42)43-29-24-20-25-30-43/h14,18-20,22-25,27-31,33,39-41,44,46-47,52H,15-17,21,26,32,34-36H2,1-13H3/b18-14+,37-31+,38-33+/t39-,40+,41-,44-,46+,47+,50+/m0/s1. The van der Waals surface area contributed by atoms with E-state index in [0.717, 1.165) is 35.7 Å². The summed E-state index contributed by atoms with van der Waals surface area (Å²) in [5.41, 5.74) is 1.41. The lowest BCUT2D eigenvalue weighted by atomic mass is 9.73. The first-order chi connectivity index (χ1) is 27.9. The van der Waals surface area contributed by atoms with E-state index >= 15 is 0 Å². The van der Waals surface area contributed by atoms with Gasteiger partial charge in [-0.2, -0.15) is 0 Å². The van der Waals surface area contributed by atoms with Gasteiger partial charge < -0.3 is 28.2 Å². The number of cyclic esters (lactones) is 1. The maximum atomic E-state index is 14.3. The number of ether oxygens (including phenoxy) is 3. The molecule has 0 radical (unpaired) electrons. The van der Waals surface area contributed by atoms with Crippen LogP contribution in [-0.2, 0) is 27.9 Å². The van der Waals surface area contributed by atoms with Crippen LogP contribution in [0.2, 0.25) is 23.2 Å². The Kier molecular flexibility index (Phi) is 17.4. The summed E-state index contributed by atoms with van der Waals surface area (Å²) in [7, 11) is -3.47. The van der Waals surface area contributed by atoms with Crippen LogP contribution in [0.1, 0.15) is 122 Å². The number of methoxy groups -OCH3 is 1. The second-order valence-corrected chi connectivity index (χ2v) is 27.9. The molecule has 7 nitrogen and oxygen atoms in total. The van der Waals surface area contributed by atoms with Gasteiger partial charge in [-0.1, -0.05) is 147 Å². The van der Waals surface area contributed by atoms with Crippen molar-refractivity contribution in [1.82, 2.24) is 0 Å². The minimum absolute atomic E-state index is 0.0781. The number of benzene rings is 2.